The van der Waals surface area contributed by atoms with E-state index in [1.54, 1.807) is 0 Å². The van der Waals surface area contributed by atoms with E-state index in [4.69, 9.17) is 4.98 Å². The number of fused-ring (bicyclic) bond motifs is 2. The average Bonchev–Trinajstić information content (AvgIpc) is 2.60. The smallest absolute Gasteiger partial charge is 0.0952 e. The molecule has 118 valence electrons. The Labute approximate surface area is 136 Å². The van der Waals surface area contributed by atoms with Crippen molar-refractivity contribution in [3.63, 3.8) is 0 Å². The highest BCUT2D eigenvalue weighted by molar-refractivity contribution is 6.07. The number of benzene rings is 2. The van der Waals surface area contributed by atoms with Crippen LogP contribution in [0.2, 0.25) is 0 Å². The monoisotopic (exact) mass is 306 g/mol. The molecule has 1 N–H and O–H groups in total. The molecule has 0 spiro atoms. The molecule has 3 rings (SSSR count). The first-order chi connectivity index (χ1) is 11.2. The van der Waals surface area contributed by atoms with E-state index in [0.717, 1.165) is 46.4 Å². The summed E-state index contributed by atoms with van der Waals surface area (Å²) < 4.78 is 0. The van der Waals surface area contributed by atoms with Crippen molar-refractivity contribution in [2.75, 3.05) is 32.5 Å². The zero-order chi connectivity index (χ0) is 16.2. The van der Waals surface area contributed by atoms with Crippen LogP contribution >= 0.6 is 0 Å². The lowest BCUT2D eigenvalue weighted by Crippen LogP contribution is -2.29. The van der Waals surface area contributed by atoms with Crippen LogP contribution in [-0.4, -0.2) is 42.9 Å². The maximum Gasteiger partial charge on any atom is 0.0952 e. The molecule has 23 heavy (non-hydrogen) atoms. The molecule has 2 aromatic carbocycles. The van der Waals surface area contributed by atoms with Crippen LogP contribution in [-0.2, 0) is 0 Å². The summed E-state index contributed by atoms with van der Waals surface area (Å²) in [4.78, 5) is 11.1. The van der Waals surface area contributed by atoms with Gasteiger partial charge in [0.2, 0.25) is 0 Å². The lowest BCUT2D eigenvalue weighted by Gasteiger charge is -2.20. The number of pyridine rings is 1. The Kier molecular flexibility index (Phi) is 4.42. The molecule has 1 aromatic heterocycles. The molecular weight excluding hydrogens is 284 g/mol. The molecule has 0 amide bonds. The highest BCUT2D eigenvalue weighted by Gasteiger charge is 2.08. The number of hydrogen-bond acceptors (Lipinski definition) is 3. The Balaban J connectivity index is 1.94. The molecule has 4 heteroatoms. The second kappa shape index (κ2) is 6.65. The molecule has 3 aromatic rings. The molecule has 0 aliphatic carbocycles. The third-order valence-electron chi connectivity index (χ3n) is 4.21. The summed E-state index contributed by atoms with van der Waals surface area (Å²) in [6.45, 7) is 3.77. The van der Waals surface area contributed by atoms with Gasteiger partial charge < -0.3 is 10.2 Å². The Morgan fingerprint density at radius 3 is 2.17 bits per heavy atom. The minimum absolute atomic E-state index is 0.849. The van der Waals surface area contributed by atoms with Gasteiger partial charge in [0.25, 0.3) is 0 Å². The van der Waals surface area contributed by atoms with Crippen molar-refractivity contribution in [3.8, 4) is 0 Å². The zero-order valence-corrected chi connectivity index (χ0v) is 13.9. The molecular formula is C19H22N4. The maximum atomic E-state index is 4.75. The minimum atomic E-state index is 0.849. The van der Waals surface area contributed by atoms with Crippen LogP contribution in [0.4, 0.5) is 5.69 Å². The normalized spacial score (nSPS) is 11.9. The fourth-order valence-corrected chi connectivity index (χ4v) is 2.71. The summed E-state index contributed by atoms with van der Waals surface area (Å²) in [5, 5.41) is 5.93. The van der Waals surface area contributed by atoms with Gasteiger partial charge in [0.15, 0.2) is 0 Å². The molecule has 0 radical (unpaired) electrons. The molecule has 0 saturated carbocycles. The first kappa shape index (κ1) is 15.3. The van der Waals surface area contributed by atoms with Crippen LogP contribution in [0.3, 0.4) is 0 Å². The van der Waals surface area contributed by atoms with E-state index in [1.807, 2.05) is 26.1 Å². The molecule has 0 saturated heterocycles. The van der Waals surface area contributed by atoms with E-state index >= 15 is 0 Å². The third kappa shape index (κ3) is 3.11. The minimum Gasteiger partial charge on any atom is -0.382 e. The Hall–Kier alpha value is -2.62. The van der Waals surface area contributed by atoms with Crippen molar-refractivity contribution < 1.29 is 0 Å². The predicted octanol–water partition coefficient (Wildman–Crippen LogP) is 3.78. The fraction of sp³-hybridized carbons (Fsp3) is 0.263. The predicted molar refractivity (Wildman–Crippen MR) is 99.4 cm³/mol. The van der Waals surface area contributed by atoms with Gasteiger partial charge in [-0.1, -0.05) is 36.4 Å². The second-order valence-electron chi connectivity index (χ2n) is 5.64. The van der Waals surface area contributed by atoms with Crippen LogP contribution in [0.5, 0.6) is 0 Å². The fourth-order valence-electron chi connectivity index (χ4n) is 2.71. The third-order valence-corrected chi connectivity index (χ3v) is 4.21. The van der Waals surface area contributed by atoms with Crippen molar-refractivity contribution in [2.45, 2.75) is 6.92 Å². The number of rotatable bonds is 4. The summed E-state index contributed by atoms with van der Waals surface area (Å²) in [6.07, 6.45) is 0. The number of likely N-dealkylation sites (N-methyl/N-ethyl adjacent to an activating group) is 1. The van der Waals surface area contributed by atoms with Gasteiger partial charge in [-0.3, -0.25) is 4.99 Å². The second-order valence-corrected chi connectivity index (χ2v) is 5.64. The summed E-state index contributed by atoms with van der Waals surface area (Å²) in [6, 6.07) is 16.6. The van der Waals surface area contributed by atoms with Gasteiger partial charge in [0.05, 0.1) is 22.6 Å². The first-order valence-corrected chi connectivity index (χ1v) is 7.86. The summed E-state index contributed by atoms with van der Waals surface area (Å²) in [7, 11) is 3.88. The molecule has 0 fully saturated rings. The SMILES string of the molecule is CN=C(C)N(C)CCNc1c2ccccc2nc2ccccc12. The van der Waals surface area contributed by atoms with E-state index in [0.29, 0.717) is 0 Å². The van der Waals surface area contributed by atoms with E-state index in [-0.39, 0.29) is 0 Å². The van der Waals surface area contributed by atoms with Crippen molar-refractivity contribution in [3.05, 3.63) is 48.5 Å². The largest absolute Gasteiger partial charge is 0.382 e. The lowest BCUT2D eigenvalue weighted by molar-refractivity contribution is 0.519. The topological polar surface area (TPSA) is 40.5 Å². The molecule has 0 aliphatic rings. The molecule has 0 bridgehead atoms. The maximum absolute atomic E-state index is 4.75. The van der Waals surface area contributed by atoms with Gasteiger partial charge in [-0.2, -0.15) is 0 Å². The van der Waals surface area contributed by atoms with Crippen molar-refractivity contribution >= 4 is 33.3 Å². The number of amidine groups is 1. The highest BCUT2D eigenvalue weighted by atomic mass is 15.2. The highest BCUT2D eigenvalue weighted by Crippen LogP contribution is 2.30. The number of aromatic nitrogens is 1. The van der Waals surface area contributed by atoms with Gasteiger partial charge in [0, 0.05) is 38.0 Å². The quantitative estimate of drug-likeness (QED) is 0.453. The molecule has 1 heterocycles. The molecule has 0 aliphatic heterocycles. The van der Waals surface area contributed by atoms with Gasteiger partial charge in [-0.05, 0) is 19.1 Å². The van der Waals surface area contributed by atoms with Crippen LogP contribution in [0.15, 0.2) is 53.5 Å². The average molecular weight is 306 g/mol. The number of anilines is 1. The van der Waals surface area contributed by atoms with Gasteiger partial charge >= 0.3 is 0 Å². The van der Waals surface area contributed by atoms with E-state index in [1.165, 1.54) is 0 Å². The van der Waals surface area contributed by atoms with E-state index < -0.39 is 0 Å². The number of nitrogens with zero attached hydrogens (tertiary/aromatic N) is 3. The van der Waals surface area contributed by atoms with Crippen LogP contribution in [0, 0.1) is 0 Å². The van der Waals surface area contributed by atoms with E-state index in [2.05, 4.69) is 58.7 Å². The summed E-state index contributed by atoms with van der Waals surface area (Å²) in [5.41, 5.74) is 3.20. The molecule has 0 atom stereocenters. The Bertz CT molecular complexity index is 800. The zero-order valence-electron chi connectivity index (χ0n) is 13.9. The lowest BCUT2D eigenvalue weighted by atomic mass is 10.1. The van der Waals surface area contributed by atoms with Crippen molar-refractivity contribution in [1.29, 1.82) is 0 Å². The van der Waals surface area contributed by atoms with Gasteiger partial charge in [0.1, 0.15) is 0 Å². The van der Waals surface area contributed by atoms with Crippen LogP contribution in [0.25, 0.3) is 21.8 Å². The number of para-hydroxylation sites is 2. The standard InChI is InChI=1S/C19H22N4/c1-14(20-2)23(3)13-12-21-19-15-8-4-6-10-17(15)22-18-11-7-5-9-16(18)19/h4-11H,12-13H2,1-3H3,(H,21,22). The number of aliphatic imine (C=N–C) groups is 1. The first-order valence-electron chi connectivity index (χ1n) is 7.86. The Morgan fingerprint density at radius 1 is 1.04 bits per heavy atom. The Morgan fingerprint density at radius 2 is 1.61 bits per heavy atom. The number of nitrogens with one attached hydrogen (secondary N) is 1. The van der Waals surface area contributed by atoms with Crippen molar-refractivity contribution in [2.24, 2.45) is 4.99 Å². The summed E-state index contributed by atoms with van der Waals surface area (Å²) in [5.74, 6) is 1.04. The number of hydrogen-bond donors (Lipinski definition) is 1. The van der Waals surface area contributed by atoms with E-state index in [9.17, 15) is 0 Å². The summed E-state index contributed by atoms with van der Waals surface area (Å²) >= 11 is 0. The molecule has 0 unspecified atom stereocenters. The van der Waals surface area contributed by atoms with Gasteiger partial charge in [-0.25, -0.2) is 4.98 Å². The van der Waals surface area contributed by atoms with Crippen molar-refractivity contribution in [1.82, 2.24) is 9.88 Å². The van der Waals surface area contributed by atoms with Gasteiger partial charge in [-0.15, -0.1) is 0 Å². The van der Waals surface area contributed by atoms with Crippen LogP contribution in [0.1, 0.15) is 6.92 Å². The molecule has 4 nitrogen and oxygen atoms in total. The van der Waals surface area contributed by atoms with Crippen LogP contribution < -0.4 is 5.32 Å².